The second-order valence-corrected chi connectivity index (χ2v) is 2.49. The van der Waals surface area contributed by atoms with Gasteiger partial charge in [0.2, 0.25) is 6.41 Å². The van der Waals surface area contributed by atoms with Gasteiger partial charge in [-0.25, -0.2) is 0 Å². The quantitative estimate of drug-likeness (QED) is 0.360. The average molecular weight is 195 g/mol. The van der Waals surface area contributed by atoms with Gasteiger partial charge in [-0.15, -0.1) is 0 Å². The molecule has 0 spiro atoms. The Bertz CT molecular complexity index is 256. The van der Waals surface area contributed by atoms with E-state index >= 15 is 0 Å². The summed E-state index contributed by atoms with van der Waals surface area (Å²) in [4.78, 5) is 20.3. The maximum absolute atomic E-state index is 10.3. The van der Waals surface area contributed by atoms with Gasteiger partial charge in [0.05, 0.1) is 6.04 Å². The summed E-state index contributed by atoms with van der Waals surface area (Å²) >= 11 is 0. The van der Waals surface area contributed by atoms with E-state index in [4.69, 9.17) is 5.11 Å². The normalized spacial score (nSPS) is 13.6. The van der Waals surface area contributed by atoms with Crippen molar-refractivity contribution in [3.63, 3.8) is 0 Å². The van der Waals surface area contributed by atoms with Gasteiger partial charge in [-0.05, 0) is 18.6 Å². The highest BCUT2D eigenvalue weighted by Gasteiger charge is 2.00. The summed E-state index contributed by atoms with van der Waals surface area (Å²) < 4.78 is 0. The zero-order valence-electron chi connectivity index (χ0n) is 7.72. The number of aliphatic hydroxyl groups excluding tert-OH is 1. The number of hydrogen-bond acceptors (Lipinski definition) is 3. The van der Waals surface area contributed by atoms with Crippen LogP contribution in [0.5, 0.6) is 0 Å². The number of carbonyl (C=O) groups is 2. The minimum atomic E-state index is -0.511. The Morgan fingerprint density at radius 3 is 2.71 bits per heavy atom. The fraction of sp³-hybridized carbons (Fsp3) is 0.200. The molecule has 0 aliphatic rings. The molecular weight excluding hydrogens is 182 g/mol. The van der Waals surface area contributed by atoms with Gasteiger partial charge in [0.1, 0.15) is 12.0 Å². The Kier molecular flexibility index (Phi) is 6.77. The standard InChI is InChI=1S/C10H13NO3/c1-2-10(14)6-4-3-5-9(7-12)11-8-13/h2-4,6-9,14H,1,5H2,(H,11,13)/b4-3+,10-6+/t9-/m1/s1. The van der Waals surface area contributed by atoms with Gasteiger partial charge in [-0.2, -0.15) is 0 Å². The summed E-state index contributed by atoms with van der Waals surface area (Å²) in [5.74, 6) is 0.0484. The number of amides is 1. The van der Waals surface area contributed by atoms with Crippen molar-refractivity contribution in [2.45, 2.75) is 12.5 Å². The lowest BCUT2D eigenvalue weighted by Crippen LogP contribution is -2.28. The van der Waals surface area contributed by atoms with Gasteiger partial charge < -0.3 is 15.2 Å². The molecule has 0 saturated heterocycles. The number of aldehydes is 1. The molecule has 0 saturated carbocycles. The van der Waals surface area contributed by atoms with E-state index in [0.29, 0.717) is 19.1 Å². The lowest BCUT2D eigenvalue weighted by molar-refractivity contribution is -0.115. The molecule has 1 amide bonds. The first-order chi connectivity index (χ1) is 6.74. The maximum Gasteiger partial charge on any atom is 0.207 e. The third-order valence-corrected chi connectivity index (χ3v) is 1.45. The van der Waals surface area contributed by atoms with E-state index < -0.39 is 6.04 Å². The molecule has 2 N–H and O–H groups in total. The van der Waals surface area contributed by atoms with Crippen LogP contribution < -0.4 is 5.32 Å². The SMILES string of the molecule is C=C/C(O)=C\C=C\C[C@H](C=O)NC=O. The largest absolute Gasteiger partial charge is 0.508 e. The zero-order valence-corrected chi connectivity index (χ0v) is 7.72. The molecule has 0 rings (SSSR count). The lowest BCUT2D eigenvalue weighted by atomic mass is 10.2. The Hall–Kier alpha value is -1.84. The van der Waals surface area contributed by atoms with Gasteiger partial charge in [0.15, 0.2) is 0 Å². The summed E-state index contributed by atoms with van der Waals surface area (Å²) in [6, 6.07) is -0.511. The first-order valence-electron chi connectivity index (χ1n) is 4.07. The van der Waals surface area contributed by atoms with E-state index in [-0.39, 0.29) is 5.76 Å². The third kappa shape index (κ3) is 5.77. The number of nitrogens with one attached hydrogen (secondary N) is 1. The second-order valence-electron chi connectivity index (χ2n) is 2.49. The molecule has 0 unspecified atom stereocenters. The van der Waals surface area contributed by atoms with E-state index in [1.54, 1.807) is 12.2 Å². The molecule has 4 nitrogen and oxygen atoms in total. The van der Waals surface area contributed by atoms with Gasteiger partial charge >= 0.3 is 0 Å². The fourth-order valence-electron chi connectivity index (χ4n) is 0.710. The van der Waals surface area contributed by atoms with Crippen molar-refractivity contribution in [1.82, 2.24) is 5.32 Å². The predicted molar refractivity (Wildman–Crippen MR) is 53.7 cm³/mol. The van der Waals surface area contributed by atoms with E-state index in [9.17, 15) is 9.59 Å². The van der Waals surface area contributed by atoms with Crippen molar-refractivity contribution < 1.29 is 14.7 Å². The van der Waals surface area contributed by atoms with Crippen LogP contribution in [0.3, 0.4) is 0 Å². The topological polar surface area (TPSA) is 66.4 Å². The second kappa shape index (κ2) is 7.79. The van der Waals surface area contributed by atoms with Crippen LogP contribution in [0, 0.1) is 0 Å². The molecule has 0 aliphatic carbocycles. The number of allylic oxidation sites excluding steroid dienone is 3. The maximum atomic E-state index is 10.3. The number of carbonyl (C=O) groups excluding carboxylic acids is 2. The van der Waals surface area contributed by atoms with Gasteiger partial charge in [0, 0.05) is 0 Å². The van der Waals surface area contributed by atoms with Crippen LogP contribution in [-0.4, -0.2) is 23.8 Å². The van der Waals surface area contributed by atoms with E-state index in [2.05, 4.69) is 11.9 Å². The van der Waals surface area contributed by atoms with E-state index in [1.165, 1.54) is 12.2 Å². The van der Waals surface area contributed by atoms with E-state index in [1.807, 2.05) is 0 Å². The van der Waals surface area contributed by atoms with Crippen LogP contribution in [0.15, 0.2) is 36.6 Å². The average Bonchev–Trinajstić information content (AvgIpc) is 2.22. The Morgan fingerprint density at radius 2 is 2.21 bits per heavy atom. The van der Waals surface area contributed by atoms with Crippen molar-refractivity contribution in [3.05, 3.63) is 36.6 Å². The molecule has 0 aromatic rings. The lowest BCUT2D eigenvalue weighted by Gasteiger charge is -2.03. The molecule has 14 heavy (non-hydrogen) atoms. The molecule has 0 aliphatic heterocycles. The van der Waals surface area contributed by atoms with Crippen LogP contribution >= 0.6 is 0 Å². The van der Waals surface area contributed by atoms with Crippen molar-refractivity contribution in [2.24, 2.45) is 0 Å². The Balaban J connectivity index is 3.95. The molecule has 1 atom stereocenters. The first-order valence-corrected chi connectivity index (χ1v) is 4.07. The highest BCUT2D eigenvalue weighted by molar-refractivity contribution is 5.63. The fourth-order valence-corrected chi connectivity index (χ4v) is 0.710. The zero-order chi connectivity index (χ0) is 10.8. The van der Waals surface area contributed by atoms with Crippen molar-refractivity contribution in [2.75, 3.05) is 0 Å². The molecule has 0 bridgehead atoms. The van der Waals surface area contributed by atoms with E-state index in [0.717, 1.165) is 0 Å². The smallest absolute Gasteiger partial charge is 0.207 e. The summed E-state index contributed by atoms with van der Waals surface area (Å²) in [7, 11) is 0. The minimum absolute atomic E-state index is 0.0484. The predicted octanol–water partition coefficient (Wildman–Crippen LogP) is 0.874. The number of hydrogen-bond donors (Lipinski definition) is 2. The van der Waals surface area contributed by atoms with Crippen LogP contribution in [0.4, 0.5) is 0 Å². The van der Waals surface area contributed by atoms with Crippen LogP contribution in [0.25, 0.3) is 0 Å². The van der Waals surface area contributed by atoms with Crippen molar-refractivity contribution in [1.29, 1.82) is 0 Å². The monoisotopic (exact) mass is 195 g/mol. The molecule has 0 heterocycles. The molecule has 0 aromatic heterocycles. The molecule has 4 heteroatoms. The van der Waals surface area contributed by atoms with Gasteiger partial charge in [-0.3, -0.25) is 4.79 Å². The van der Waals surface area contributed by atoms with Crippen LogP contribution in [0.2, 0.25) is 0 Å². The molecule has 0 fully saturated rings. The highest BCUT2D eigenvalue weighted by atomic mass is 16.3. The van der Waals surface area contributed by atoms with Gasteiger partial charge in [0.25, 0.3) is 0 Å². The number of aliphatic hydroxyl groups is 1. The summed E-state index contributed by atoms with van der Waals surface area (Å²) in [5, 5.41) is 11.3. The Labute approximate surface area is 82.6 Å². The molecule has 0 aromatic carbocycles. The van der Waals surface area contributed by atoms with Crippen molar-refractivity contribution >= 4 is 12.7 Å². The first kappa shape index (κ1) is 12.2. The van der Waals surface area contributed by atoms with Crippen LogP contribution in [0.1, 0.15) is 6.42 Å². The van der Waals surface area contributed by atoms with Crippen LogP contribution in [-0.2, 0) is 9.59 Å². The molecule has 76 valence electrons. The number of rotatable bonds is 7. The van der Waals surface area contributed by atoms with Gasteiger partial charge in [-0.1, -0.05) is 18.7 Å². The summed E-state index contributed by atoms with van der Waals surface area (Å²) in [6.07, 6.45) is 7.50. The summed E-state index contributed by atoms with van der Waals surface area (Å²) in [5.41, 5.74) is 0. The Morgan fingerprint density at radius 1 is 1.50 bits per heavy atom. The molecule has 0 radical (unpaired) electrons. The minimum Gasteiger partial charge on any atom is -0.508 e. The van der Waals surface area contributed by atoms with Crippen molar-refractivity contribution in [3.8, 4) is 0 Å². The highest BCUT2D eigenvalue weighted by Crippen LogP contribution is 1.93. The molecular formula is C10H13NO3. The summed E-state index contributed by atoms with van der Waals surface area (Å²) in [6.45, 7) is 3.35. The third-order valence-electron chi connectivity index (χ3n) is 1.45.